The number of carbonyl (C=O) groups is 2. The van der Waals surface area contributed by atoms with Crippen LogP contribution in [0.2, 0.25) is 0 Å². The zero-order chi connectivity index (χ0) is 16.7. The van der Waals surface area contributed by atoms with Crippen LogP contribution in [0.5, 0.6) is 0 Å². The number of ether oxygens (including phenoxy) is 1. The van der Waals surface area contributed by atoms with Crippen LogP contribution in [0.3, 0.4) is 0 Å². The summed E-state index contributed by atoms with van der Waals surface area (Å²) in [4.78, 5) is 25.1. The molecule has 0 unspecified atom stereocenters. The predicted octanol–water partition coefficient (Wildman–Crippen LogP) is 4.16. The van der Waals surface area contributed by atoms with Crippen LogP contribution >= 0.6 is 0 Å². The van der Waals surface area contributed by atoms with Gasteiger partial charge in [0.1, 0.15) is 0 Å². The maximum atomic E-state index is 12.9. The number of carbonyl (C=O) groups excluding carboxylic acids is 2. The normalized spacial score (nSPS) is 32.8. The van der Waals surface area contributed by atoms with Gasteiger partial charge < -0.3 is 4.74 Å². The first-order valence-corrected chi connectivity index (χ1v) is 8.58. The summed E-state index contributed by atoms with van der Waals surface area (Å²) in [6.07, 6.45) is 4.70. The lowest BCUT2D eigenvalue weighted by atomic mass is 9.70. The molecule has 2 rings (SSSR count). The predicted molar refractivity (Wildman–Crippen MR) is 87.3 cm³/mol. The summed E-state index contributed by atoms with van der Waals surface area (Å²) in [6.45, 7) is 12.9. The molecule has 0 N–H and O–H groups in total. The Morgan fingerprint density at radius 2 is 2.00 bits per heavy atom. The first-order valence-electron chi connectivity index (χ1n) is 8.58. The molecule has 3 heteroatoms. The molecule has 22 heavy (non-hydrogen) atoms. The van der Waals surface area contributed by atoms with Crippen molar-refractivity contribution in [2.45, 2.75) is 60.8 Å². The van der Waals surface area contributed by atoms with E-state index in [9.17, 15) is 9.59 Å². The van der Waals surface area contributed by atoms with Crippen molar-refractivity contribution >= 4 is 11.8 Å². The highest BCUT2D eigenvalue weighted by Crippen LogP contribution is 2.65. The average molecular weight is 306 g/mol. The van der Waals surface area contributed by atoms with Crippen LogP contribution in [0.1, 0.15) is 60.8 Å². The van der Waals surface area contributed by atoms with Crippen LogP contribution in [0.25, 0.3) is 0 Å². The van der Waals surface area contributed by atoms with Crippen molar-refractivity contribution in [3.63, 3.8) is 0 Å². The minimum absolute atomic E-state index is 0.00699. The van der Waals surface area contributed by atoms with Crippen molar-refractivity contribution in [2.24, 2.45) is 28.6 Å². The molecule has 3 atom stereocenters. The molecule has 2 bridgehead atoms. The number of hydrogen-bond acceptors (Lipinski definition) is 3. The van der Waals surface area contributed by atoms with Crippen LogP contribution in [0.15, 0.2) is 11.6 Å². The van der Waals surface area contributed by atoms with Crippen molar-refractivity contribution in [2.75, 3.05) is 6.61 Å². The van der Waals surface area contributed by atoms with Crippen molar-refractivity contribution in [3.05, 3.63) is 11.6 Å². The molecule has 0 heterocycles. The standard InChI is InChI=1S/C19H30O3/c1-7-22-17(21)13(10-12(2)3)11-14-15-8-9-19(6,16(14)20)18(15,4)5/h11-13,15H,7-10H2,1-6H3/b14-11+/t13-,15+,19-/m1/s1. The van der Waals surface area contributed by atoms with Crippen LogP contribution in [-0.4, -0.2) is 18.4 Å². The summed E-state index contributed by atoms with van der Waals surface area (Å²) >= 11 is 0. The van der Waals surface area contributed by atoms with E-state index in [1.165, 1.54) is 0 Å². The van der Waals surface area contributed by atoms with Gasteiger partial charge in [0.15, 0.2) is 5.78 Å². The van der Waals surface area contributed by atoms with E-state index in [1.54, 1.807) is 0 Å². The van der Waals surface area contributed by atoms with Crippen LogP contribution in [0.4, 0.5) is 0 Å². The molecule has 0 saturated heterocycles. The first-order chi connectivity index (χ1) is 10.1. The molecule has 2 fully saturated rings. The topological polar surface area (TPSA) is 43.4 Å². The van der Waals surface area contributed by atoms with Crippen molar-refractivity contribution < 1.29 is 14.3 Å². The van der Waals surface area contributed by atoms with Gasteiger partial charge in [-0.05, 0) is 49.0 Å². The summed E-state index contributed by atoms with van der Waals surface area (Å²) in [6, 6.07) is 0. The van der Waals surface area contributed by atoms with Gasteiger partial charge in [-0.15, -0.1) is 0 Å². The first kappa shape index (κ1) is 17.2. The Labute approximate surface area is 134 Å². The highest BCUT2D eigenvalue weighted by atomic mass is 16.5. The second-order valence-electron chi connectivity index (χ2n) is 8.08. The highest BCUT2D eigenvalue weighted by Gasteiger charge is 2.63. The fraction of sp³-hybridized carbons (Fsp3) is 0.789. The Morgan fingerprint density at radius 3 is 2.45 bits per heavy atom. The zero-order valence-electron chi connectivity index (χ0n) is 14.9. The molecule has 2 saturated carbocycles. The molecule has 0 radical (unpaired) electrons. The van der Waals surface area contributed by atoms with E-state index in [4.69, 9.17) is 4.74 Å². The third-order valence-corrected chi connectivity index (χ3v) is 6.06. The zero-order valence-corrected chi connectivity index (χ0v) is 14.9. The number of hydrogen-bond donors (Lipinski definition) is 0. The van der Waals surface area contributed by atoms with Gasteiger partial charge in [-0.2, -0.15) is 0 Å². The van der Waals surface area contributed by atoms with Gasteiger partial charge in [-0.25, -0.2) is 0 Å². The van der Waals surface area contributed by atoms with E-state index in [2.05, 4.69) is 34.6 Å². The van der Waals surface area contributed by atoms with E-state index < -0.39 is 0 Å². The SMILES string of the molecule is CCOC(=O)[C@@H](/C=C1/C(=O)[C@@]2(C)CC[C@@H]1C2(C)C)CC(C)C. The Bertz CT molecular complexity index is 501. The molecule has 0 aromatic heterocycles. The van der Waals surface area contributed by atoms with E-state index in [1.807, 2.05) is 13.0 Å². The van der Waals surface area contributed by atoms with Crippen LogP contribution in [-0.2, 0) is 14.3 Å². The van der Waals surface area contributed by atoms with E-state index in [-0.39, 0.29) is 34.4 Å². The van der Waals surface area contributed by atoms with Gasteiger partial charge in [-0.3, -0.25) is 9.59 Å². The lowest BCUT2D eigenvalue weighted by Gasteiger charge is -2.31. The molecule has 0 aliphatic heterocycles. The molecule has 0 spiro atoms. The molecule has 2 aliphatic rings. The lowest BCUT2D eigenvalue weighted by molar-refractivity contribution is -0.146. The molecule has 0 aromatic rings. The summed E-state index contributed by atoms with van der Waals surface area (Å²) in [5, 5.41) is 0. The molecule has 124 valence electrons. The summed E-state index contributed by atoms with van der Waals surface area (Å²) in [5.41, 5.74) is 0.616. The summed E-state index contributed by atoms with van der Waals surface area (Å²) in [7, 11) is 0. The molecular formula is C19H30O3. The quantitative estimate of drug-likeness (QED) is 0.566. The lowest BCUT2D eigenvalue weighted by Crippen LogP contribution is -2.32. The molecule has 2 aliphatic carbocycles. The minimum atomic E-state index is -0.294. The fourth-order valence-electron chi connectivity index (χ4n) is 4.33. The van der Waals surface area contributed by atoms with Crippen molar-refractivity contribution in [1.29, 1.82) is 0 Å². The second-order valence-corrected chi connectivity index (χ2v) is 8.08. The van der Waals surface area contributed by atoms with E-state index >= 15 is 0 Å². The Morgan fingerprint density at radius 1 is 1.36 bits per heavy atom. The molecule has 0 aromatic carbocycles. The van der Waals surface area contributed by atoms with Crippen molar-refractivity contribution in [3.8, 4) is 0 Å². The third-order valence-electron chi connectivity index (χ3n) is 6.06. The maximum absolute atomic E-state index is 12.9. The van der Waals surface area contributed by atoms with Crippen LogP contribution < -0.4 is 0 Å². The van der Waals surface area contributed by atoms with Gasteiger partial charge in [-0.1, -0.05) is 40.7 Å². The Kier molecular flexibility index (Phi) is 4.56. The number of Topliss-reactive ketones (excluding diaryl/α,β-unsaturated/α-hetero) is 1. The number of rotatable bonds is 5. The minimum Gasteiger partial charge on any atom is -0.466 e. The molecular weight excluding hydrogens is 276 g/mol. The second kappa shape index (κ2) is 5.82. The van der Waals surface area contributed by atoms with Gasteiger partial charge in [0.25, 0.3) is 0 Å². The number of fused-ring (bicyclic) bond motifs is 2. The third kappa shape index (κ3) is 2.53. The number of allylic oxidation sites excluding steroid dienone is 1. The Balaban J connectivity index is 2.33. The number of esters is 1. The maximum Gasteiger partial charge on any atom is 0.312 e. The van der Waals surface area contributed by atoms with Gasteiger partial charge in [0, 0.05) is 5.41 Å². The van der Waals surface area contributed by atoms with E-state index in [0.29, 0.717) is 12.5 Å². The smallest absolute Gasteiger partial charge is 0.312 e. The van der Waals surface area contributed by atoms with Gasteiger partial charge >= 0.3 is 5.97 Å². The highest BCUT2D eigenvalue weighted by molar-refractivity contribution is 6.05. The molecule has 3 nitrogen and oxygen atoms in total. The monoisotopic (exact) mass is 306 g/mol. The van der Waals surface area contributed by atoms with Gasteiger partial charge in [0.05, 0.1) is 12.5 Å². The Hall–Kier alpha value is -1.12. The largest absolute Gasteiger partial charge is 0.466 e. The van der Waals surface area contributed by atoms with E-state index in [0.717, 1.165) is 24.8 Å². The van der Waals surface area contributed by atoms with Gasteiger partial charge in [0.2, 0.25) is 0 Å². The average Bonchev–Trinajstić information content (AvgIpc) is 2.72. The molecule has 0 amide bonds. The van der Waals surface area contributed by atoms with Crippen LogP contribution in [0, 0.1) is 28.6 Å². The fourth-order valence-corrected chi connectivity index (χ4v) is 4.33. The van der Waals surface area contributed by atoms with Crippen molar-refractivity contribution in [1.82, 2.24) is 0 Å². The summed E-state index contributed by atoms with van der Waals surface area (Å²) < 4.78 is 5.21. The number of ketones is 1. The summed E-state index contributed by atoms with van der Waals surface area (Å²) in [5.74, 6) is 0.448.